The minimum atomic E-state index is -0.318. The van der Waals surface area contributed by atoms with E-state index < -0.39 is 0 Å². The van der Waals surface area contributed by atoms with Gasteiger partial charge in [0.1, 0.15) is 5.75 Å². The maximum absolute atomic E-state index is 11.9. The van der Waals surface area contributed by atoms with Crippen LogP contribution in [0.3, 0.4) is 0 Å². The van der Waals surface area contributed by atoms with Crippen molar-refractivity contribution in [2.75, 3.05) is 11.9 Å². The summed E-state index contributed by atoms with van der Waals surface area (Å²) in [5.41, 5.74) is 4.10. The fourth-order valence-electron chi connectivity index (χ4n) is 2.18. The molecule has 0 aliphatic rings. The van der Waals surface area contributed by atoms with Gasteiger partial charge in [0.15, 0.2) is 0 Å². The average molecular weight is 365 g/mol. The SMILES string of the molecule is CCOc1ccc(NC(=O)CCC(=O)NN=CC=Cc2ccccc2)cc1. The Morgan fingerprint density at radius 1 is 1.00 bits per heavy atom. The van der Waals surface area contributed by atoms with Gasteiger partial charge in [0, 0.05) is 24.7 Å². The lowest BCUT2D eigenvalue weighted by Gasteiger charge is -2.06. The van der Waals surface area contributed by atoms with Crippen molar-refractivity contribution in [2.24, 2.45) is 5.10 Å². The normalized spacial score (nSPS) is 10.9. The molecule has 0 heterocycles. The van der Waals surface area contributed by atoms with Crippen molar-refractivity contribution in [3.05, 3.63) is 66.2 Å². The monoisotopic (exact) mass is 365 g/mol. The number of hydrogen-bond donors (Lipinski definition) is 2. The molecule has 2 aromatic carbocycles. The number of amides is 2. The number of hydrazone groups is 1. The van der Waals surface area contributed by atoms with Gasteiger partial charge in [-0.05, 0) is 42.8 Å². The molecule has 0 aliphatic carbocycles. The maximum atomic E-state index is 11.9. The number of carbonyl (C=O) groups excluding carboxylic acids is 2. The Labute approximate surface area is 158 Å². The van der Waals surface area contributed by atoms with Crippen molar-refractivity contribution in [3.63, 3.8) is 0 Å². The van der Waals surface area contributed by atoms with Gasteiger partial charge in [0.2, 0.25) is 11.8 Å². The fourth-order valence-corrected chi connectivity index (χ4v) is 2.18. The first-order chi connectivity index (χ1) is 13.2. The van der Waals surface area contributed by atoms with E-state index in [1.807, 2.05) is 43.3 Å². The molecule has 6 nitrogen and oxygen atoms in total. The predicted octanol–water partition coefficient (Wildman–Crippen LogP) is 3.62. The fraction of sp³-hybridized carbons (Fsp3) is 0.190. The molecule has 2 aromatic rings. The summed E-state index contributed by atoms with van der Waals surface area (Å²) in [5, 5.41) is 6.56. The number of nitrogens with one attached hydrogen (secondary N) is 2. The zero-order chi connectivity index (χ0) is 19.3. The molecule has 0 bridgehead atoms. The zero-order valence-electron chi connectivity index (χ0n) is 15.2. The highest BCUT2D eigenvalue weighted by Gasteiger charge is 2.06. The van der Waals surface area contributed by atoms with E-state index in [1.54, 1.807) is 30.3 Å². The van der Waals surface area contributed by atoms with Crippen molar-refractivity contribution in [1.82, 2.24) is 5.43 Å². The van der Waals surface area contributed by atoms with Crippen LogP contribution in [-0.2, 0) is 9.59 Å². The summed E-state index contributed by atoms with van der Waals surface area (Å²) in [5.74, 6) is 0.192. The molecule has 140 valence electrons. The van der Waals surface area contributed by atoms with Crippen LogP contribution in [0, 0.1) is 0 Å². The van der Waals surface area contributed by atoms with Gasteiger partial charge in [-0.25, -0.2) is 5.43 Å². The Morgan fingerprint density at radius 2 is 1.70 bits per heavy atom. The first-order valence-electron chi connectivity index (χ1n) is 8.73. The number of allylic oxidation sites excluding steroid dienone is 1. The van der Waals surface area contributed by atoms with Crippen LogP contribution in [0.15, 0.2) is 65.8 Å². The van der Waals surface area contributed by atoms with E-state index in [9.17, 15) is 9.59 Å². The van der Waals surface area contributed by atoms with E-state index in [0.29, 0.717) is 12.3 Å². The lowest BCUT2D eigenvalue weighted by molar-refractivity contribution is -0.124. The zero-order valence-corrected chi connectivity index (χ0v) is 15.2. The highest BCUT2D eigenvalue weighted by atomic mass is 16.5. The highest BCUT2D eigenvalue weighted by molar-refractivity contribution is 5.93. The second kappa shape index (κ2) is 11.3. The number of hydrogen-bond acceptors (Lipinski definition) is 4. The Hall–Kier alpha value is -3.41. The molecular weight excluding hydrogens is 342 g/mol. The van der Waals surface area contributed by atoms with E-state index in [2.05, 4.69) is 15.8 Å². The van der Waals surface area contributed by atoms with Gasteiger partial charge in [-0.1, -0.05) is 36.4 Å². The molecule has 0 fully saturated rings. The third kappa shape index (κ3) is 8.00. The summed E-state index contributed by atoms with van der Waals surface area (Å²) in [6.45, 7) is 2.50. The number of anilines is 1. The minimum absolute atomic E-state index is 0.0581. The van der Waals surface area contributed by atoms with Gasteiger partial charge in [-0.3, -0.25) is 9.59 Å². The van der Waals surface area contributed by atoms with Crippen LogP contribution in [0.5, 0.6) is 5.75 Å². The lowest BCUT2D eigenvalue weighted by Crippen LogP contribution is -2.20. The van der Waals surface area contributed by atoms with E-state index in [4.69, 9.17) is 4.74 Å². The molecular formula is C21H23N3O3. The number of benzene rings is 2. The van der Waals surface area contributed by atoms with E-state index in [1.165, 1.54) is 6.21 Å². The molecule has 0 saturated heterocycles. The Bertz CT molecular complexity index is 784. The second-order valence-corrected chi connectivity index (χ2v) is 5.59. The molecule has 6 heteroatoms. The van der Waals surface area contributed by atoms with Crippen molar-refractivity contribution in [2.45, 2.75) is 19.8 Å². The third-order valence-corrected chi connectivity index (χ3v) is 3.47. The summed E-state index contributed by atoms with van der Waals surface area (Å²) in [6.07, 6.45) is 5.23. The molecule has 0 aromatic heterocycles. The van der Waals surface area contributed by atoms with Crippen molar-refractivity contribution in [1.29, 1.82) is 0 Å². The number of rotatable bonds is 9. The molecule has 0 spiro atoms. The van der Waals surface area contributed by atoms with Crippen LogP contribution in [0.4, 0.5) is 5.69 Å². The van der Waals surface area contributed by atoms with Crippen molar-refractivity contribution < 1.29 is 14.3 Å². The van der Waals surface area contributed by atoms with Crippen LogP contribution in [0.25, 0.3) is 6.08 Å². The van der Waals surface area contributed by atoms with Crippen LogP contribution < -0.4 is 15.5 Å². The number of nitrogens with zero attached hydrogens (tertiary/aromatic N) is 1. The summed E-state index contributed by atoms with van der Waals surface area (Å²) in [7, 11) is 0. The standard InChI is InChI=1S/C21H23N3O3/c1-2-27-19-12-10-18(11-13-19)23-20(25)14-15-21(26)24-22-16-6-9-17-7-4-3-5-8-17/h3-13,16H,2,14-15H2,1H3,(H,23,25)(H,24,26). The number of ether oxygens (including phenoxy) is 1. The Kier molecular flexibility index (Phi) is 8.30. The second-order valence-electron chi connectivity index (χ2n) is 5.59. The van der Waals surface area contributed by atoms with Crippen molar-refractivity contribution >= 4 is 29.8 Å². The van der Waals surface area contributed by atoms with Gasteiger partial charge >= 0.3 is 0 Å². The summed E-state index contributed by atoms with van der Waals surface area (Å²) >= 11 is 0. The van der Waals surface area contributed by atoms with Crippen LogP contribution in [0.2, 0.25) is 0 Å². The minimum Gasteiger partial charge on any atom is -0.494 e. The molecule has 0 unspecified atom stereocenters. The predicted molar refractivity (Wildman–Crippen MR) is 108 cm³/mol. The van der Waals surface area contributed by atoms with Crippen LogP contribution in [-0.4, -0.2) is 24.6 Å². The van der Waals surface area contributed by atoms with Crippen LogP contribution >= 0.6 is 0 Å². The Balaban J connectivity index is 1.66. The molecule has 0 aliphatic heterocycles. The first kappa shape index (κ1) is 19.9. The average Bonchev–Trinajstić information content (AvgIpc) is 2.69. The molecule has 0 radical (unpaired) electrons. The summed E-state index contributed by atoms with van der Waals surface area (Å²) in [6, 6.07) is 16.8. The van der Waals surface area contributed by atoms with E-state index in [-0.39, 0.29) is 24.7 Å². The number of carbonyl (C=O) groups is 2. The molecule has 0 saturated carbocycles. The molecule has 2 N–H and O–H groups in total. The summed E-state index contributed by atoms with van der Waals surface area (Å²) in [4.78, 5) is 23.6. The van der Waals surface area contributed by atoms with Gasteiger partial charge in [0.05, 0.1) is 6.61 Å². The maximum Gasteiger partial charge on any atom is 0.240 e. The molecule has 0 atom stereocenters. The van der Waals surface area contributed by atoms with Gasteiger partial charge in [-0.15, -0.1) is 0 Å². The largest absolute Gasteiger partial charge is 0.494 e. The molecule has 2 rings (SSSR count). The van der Waals surface area contributed by atoms with Crippen LogP contribution in [0.1, 0.15) is 25.3 Å². The quantitative estimate of drug-likeness (QED) is 0.526. The smallest absolute Gasteiger partial charge is 0.240 e. The third-order valence-electron chi connectivity index (χ3n) is 3.47. The van der Waals surface area contributed by atoms with Gasteiger partial charge in [0.25, 0.3) is 0 Å². The van der Waals surface area contributed by atoms with E-state index in [0.717, 1.165) is 11.3 Å². The molecule has 27 heavy (non-hydrogen) atoms. The van der Waals surface area contributed by atoms with Crippen molar-refractivity contribution in [3.8, 4) is 5.75 Å². The molecule has 2 amide bonds. The lowest BCUT2D eigenvalue weighted by atomic mass is 10.2. The first-order valence-corrected chi connectivity index (χ1v) is 8.73. The van der Waals surface area contributed by atoms with Gasteiger partial charge in [-0.2, -0.15) is 5.10 Å². The van der Waals surface area contributed by atoms with E-state index >= 15 is 0 Å². The van der Waals surface area contributed by atoms with Gasteiger partial charge < -0.3 is 10.1 Å². The summed E-state index contributed by atoms with van der Waals surface area (Å²) < 4.78 is 5.34. The topological polar surface area (TPSA) is 79.8 Å². The highest BCUT2D eigenvalue weighted by Crippen LogP contribution is 2.15. The Morgan fingerprint density at radius 3 is 2.41 bits per heavy atom.